The Morgan fingerprint density at radius 3 is 2.82 bits per heavy atom. The summed E-state index contributed by atoms with van der Waals surface area (Å²) in [7, 11) is 0. The number of carbonyl (C=O) groups is 1. The van der Waals surface area contributed by atoms with Gasteiger partial charge in [-0.1, -0.05) is 0 Å². The first-order valence-electron chi connectivity index (χ1n) is 3.87. The molecular weight excluding hydrogens is 144 g/mol. The molecule has 0 radical (unpaired) electrons. The summed E-state index contributed by atoms with van der Waals surface area (Å²) in [4.78, 5) is 10.4. The number of carbonyl (C=O) groups excluding carboxylic acids is 1. The molecule has 1 aliphatic heterocycles. The minimum atomic E-state index is -0.516. The molecule has 1 saturated heterocycles. The van der Waals surface area contributed by atoms with E-state index >= 15 is 0 Å². The van der Waals surface area contributed by atoms with E-state index in [1.807, 2.05) is 13.8 Å². The van der Waals surface area contributed by atoms with Crippen LogP contribution in [0.3, 0.4) is 0 Å². The Hall–Kier alpha value is -0.410. The summed E-state index contributed by atoms with van der Waals surface area (Å²) in [6.45, 7) is 4.81. The zero-order valence-corrected chi connectivity index (χ0v) is 7.00. The van der Waals surface area contributed by atoms with Crippen molar-refractivity contribution in [1.29, 1.82) is 0 Å². The maximum Gasteiger partial charge on any atom is 0.162 e. The normalized spacial score (nSPS) is 30.9. The standard InChI is InChI=1S/C8H14O3/c1-8(2)10-4-3-7(5-9)6-11-8/h5,7H,3-4,6H2,1-2H3. The molecule has 0 aromatic rings. The summed E-state index contributed by atoms with van der Waals surface area (Å²) >= 11 is 0. The summed E-state index contributed by atoms with van der Waals surface area (Å²) in [5.41, 5.74) is 0. The van der Waals surface area contributed by atoms with Crippen molar-refractivity contribution in [2.24, 2.45) is 5.92 Å². The maximum atomic E-state index is 10.4. The highest BCUT2D eigenvalue weighted by Gasteiger charge is 2.24. The molecule has 1 heterocycles. The second kappa shape index (κ2) is 3.32. The van der Waals surface area contributed by atoms with E-state index in [0.29, 0.717) is 13.2 Å². The number of aldehydes is 1. The Balaban J connectivity index is 2.45. The molecule has 0 aliphatic carbocycles. The van der Waals surface area contributed by atoms with Gasteiger partial charge in [0.25, 0.3) is 0 Å². The van der Waals surface area contributed by atoms with Gasteiger partial charge in [-0.3, -0.25) is 0 Å². The Labute approximate surface area is 66.7 Å². The Kier molecular flexibility index (Phi) is 2.62. The molecular formula is C8H14O3. The Bertz CT molecular complexity index is 142. The fourth-order valence-corrected chi connectivity index (χ4v) is 0.996. The molecule has 0 spiro atoms. The lowest BCUT2D eigenvalue weighted by atomic mass is 10.1. The van der Waals surface area contributed by atoms with E-state index in [4.69, 9.17) is 9.47 Å². The molecule has 1 atom stereocenters. The zero-order valence-electron chi connectivity index (χ0n) is 7.00. The van der Waals surface area contributed by atoms with E-state index in [0.717, 1.165) is 12.7 Å². The first-order chi connectivity index (χ1) is 5.14. The van der Waals surface area contributed by atoms with Gasteiger partial charge in [-0.25, -0.2) is 0 Å². The third-order valence-corrected chi connectivity index (χ3v) is 1.78. The lowest BCUT2D eigenvalue weighted by Crippen LogP contribution is -2.27. The highest BCUT2D eigenvalue weighted by atomic mass is 16.7. The average molecular weight is 158 g/mol. The molecule has 3 heteroatoms. The van der Waals surface area contributed by atoms with Crippen LogP contribution in [0.15, 0.2) is 0 Å². The second-order valence-electron chi connectivity index (χ2n) is 3.24. The minimum Gasteiger partial charge on any atom is -0.351 e. The van der Waals surface area contributed by atoms with Crippen molar-refractivity contribution in [3.63, 3.8) is 0 Å². The van der Waals surface area contributed by atoms with Gasteiger partial charge in [0, 0.05) is 5.92 Å². The van der Waals surface area contributed by atoms with Crippen LogP contribution in [-0.2, 0) is 14.3 Å². The number of ether oxygens (including phenoxy) is 2. The molecule has 1 fully saturated rings. The van der Waals surface area contributed by atoms with Crippen molar-refractivity contribution in [3.05, 3.63) is 0 Å². The van der Waals surface area contributed by atoms with Crippen LogP contribution in [0.2, 0.25) is 0 Å². The topological polar surface area (TPSA) is 35.5 Å². The van der Waals surface area contributed by atoms with E-state index in [2.05, 4.69) is 0 Å². The minimum absolute atomic E-state index is 0.0109. The van der Waals surface area contributed by atoms with Gasteiger partial charge >= 0.3 is 0 Å². The molecule has 0 aromatic heterocycles. The summed E-state index contributed by atoms with van der Waals surface area (Å²) < 4.78 is 10.7. The second-order valence-corrected chi connectivity index (χ2v) is 3.24. The van der Waals surface area contributed by atoms with Crippen molar-refractivity contribution in [1.82, 2.24) is 0 Å². The lowest BCUT2D eigenvalue weighted by Gasteiger charge is -2.22. The number of hydrogen-bond acceptors (Lipinski definition) is 3. The largest absolute Gasteiger partial charge is 0.351 e. The van der Waals surface area contributed by atoms with Gasteiger partial charge in [-0.2, -0.15) is 0 Å². The van der Waals surface area contributed by atoms with Crippen molar-refractivity contribution in [2.45, 2.75) is 26.1 Å². The maximum absolute atomic E-state index is 10.4. The van der Waals surface area contributed by atoms with Crippen molar-refractivity contribution >= 4 is 6.29 Å². The van der Waals surface area contributed by atoms with Crippen LogP contribution < -0.4 is 0 Å². The van der Waals surface area contributed by atoms with Crippen LogP contribution in [0.1, 0.15) is 20.3 Å². The summed E-state index contributed by atoms with van der Waals surface area (Å²) in [6, 6.07) is 0. The summed E-state index contributed by atoms with van der Waals surface area (Å²) in [6.07, 6.45) is 1.71. The van der Waals surface area contributed by atoms with Crippen LogP contribution in [0, 0.1) is 5.92 Å². The summed E-state index contributed by atoms with van der Waals surface area (Å²) in [5.74, 6) is -0.505. The van der Waals surface area contributed by atoms with E-state index in [9.17, 15) is 4.79 Å². The van der Waals surface area contributed by atoms with Gasteiger partial charge in [-0.15, -0.1) is 0 Å². The highest BCUT2D eigenvalue weighted by Crippen LogP contribution is 2.18. The molecule has 11 heavy (non-hydrogen) atoms. The first-order valence-corrected chi connectivity index (χ1v) is 3.87. The van der Waals surface area contributed by atoms with Gasteiger partial charge in [0.2, 0.25) is 0 Å². The zero-order chi connectivity index (χ0) is 8.32. The van der Waals surface area contributed by atoms with Gasteiger partial charge in [0.1, 0.15) is 6.29 Å². The van der Waals surface area contributed by atoms with Crippen molar-refractivity contribution in [3.8, 4) is 0 Å². The first kappa shape index (κ1) is 8.68. The third kappa shape index (κ3) is 2.60. The van der Waals surface area contributed by atoms with Gasteiger partial charge in [0.05, 0.1) is 13.2 Å². The smallest absolute Gasteiger partial charge is 0.162 e. The number of rotatable bonds is 1. The number of hydrogen-bond donors (Lipinski definition) is 0. The predicted octanol–water partition coefficient (Wildman–Crippen LogP) is 0.975. The molecule has 1 unspecified atom stereocenters. The van der Waals surface area contributed by atoms with E-state index in [1.54, 1.807) is 0 Å². The van der Waals surface area contributed by atoms with Gasteiger partial charge < -0.3 is 14.3 Å². The van der Waals surface area contributed by atoms with E-state index < -0.39 is 5.79 Å². The molecule has 64 valence electrons. The predicted molar refractivity (Wildman–Crippen MR) is 40.2 cm³/mol. The fraction of sp³-hybridized carbons (Fsp3) is 0.875. The molecule has 0 saturated carbocycles. The average Bonchev–Trinajstić information content (AvgIpc) is 2.10. The van der Waals surface area contributed by atoms with Crippen LogP contribution in [0.4, 0.5) is 0 Å². The SMILES string of the molecule is CC1(C)OCCC(C=O)CO1. The lowest BCUT2D eigenvalue weighted by molar-refractivity contribution is -0.201. The van der Waals surface area contributed by atoms with E-state index in [-0.39, 0.29) is 5.92 Å². The van der Waals surface area contributed by atoms with E-state index in [1.165, 1.54) is 0 Å². The van der Waals surface area contributed by atoms with Crippen LogP contribution >= 0.6 is 0 Å². The van der Waals surface area contributed by atoms with Crippen molar-refractivity contribution in [2.75, 3.05) is 13.2 Å². The Morgan fingerprint density at radius 2 is 2.18 bits per heavy atom. The monoisotopic (exact) mass is 158 g/mol. The molecule has 0 aromatic carbocycles. The van der Waals surface area contributed by atoms with Crippen LogP contribution in [0.25, 0.3) is 0 Å². The highest BCUT2D eigenvalue weighted by molar-refractivity contribution is 5.53. The van der Waals surface area contributed by atoms with Gasteiger partial charge in [0.15, 0.2) is 5.79 Å². The van der Waals surface area contributed by atoms with Gasteiger partial charge in [-0.05, 0) is 20.3 Å². The molecule has 0 N–H and O–H groups in total. The quantitative estimate of drug-likeness (QED) is 0.533. The molecule has 0 amide bonds. The third-order valence-electron chi connectivity index (χ3n) is 1.78. The molecule has 0 bridgehead atoms. The molecule has 1 aliphatic rings. The summed E-state index contributed by atoms with van der Waals surface area (Å²) in [5, 5.41) is 0. The van der Waals surface area contributed by atoms with Crippen LogP contribution in [0.5, 0.6) is 0 Å². The Morgan fingerprint density at radius 1 is 1.45 bits per heavy atom. The van der Waals surface area contributed by atoms with Crippen molar-refractivity contribution < 1.29 is 14.3 Å². The van der Waals surface area contributed by atoms with Crippen LogP contribution in [-0.4, -0.2) is 25.3 Å². The molecule has 1 rings (SSSR count). The molecule has 3 nitrogen and oxygen atoms in total. The fourth-order valence-electron chi connectivity index (χ4n) is 0.996.